The zero-order valence-corrected chi connectivity index (χ0v) is 16.3. The average Bonchev–Trinajstić information content (AvgIpc) is 2.65. The van der Waals surface area contributed by atoms with Gasteiger partial charge in [-0.1, -0.05) is 30.8 Å². The minimum atomic E-state index is 0.357. The van der Waals surface area contributed by atoms with Gasteiger partial charge in [-0.3, -0.25) is 0 Å². The number of hydrogen-bond donors (Lipinski definition) is 0. The summed E-state index contributed by atoms with van der Waals surface area (Å²) in [5, 5.41) is 9.37. The number of benzene rings is 2. The van der Waals surface area contributed by atoms with Crippen molar-refractivity contribution in [3.63, 3.8) is 0 Å². The Morgan fingerprint density at radius 2 is 2.00 bits per heavy atom. The van der Waals surface area contributed by atoms with Gasteiger partial charge in [0.2, 0.25) is 0 Å². The summed E-state index contributed by atoms with van der Waals surface area (Å²) in [5.41, 5.74) is 3.16. The molecule has 0 aliphatic carbocycles. The van der Waals surface area contributed by atoms with E-state index < -0.39 is 0 Å². The summed E-state index contributed by atoms with van der Waals surface area (Å²) in [5.74, 6) is 0.789. The quantitative estimate of drug-likeness (QED) is 0.742. The number of rotatable bonds is 3. The molecule has 0 unspecified atom stereocenters. The molecule has 0 saturated carbocycles. The van der Waals surface area contributed by atoms with E-state index in [0.29, 0.717) is 6.04 Å². The Morgan fingerprint density at radius 3 is 2.81 bits per heavy atom. The SMILES string of the molecule is C[C@H]1CCCN(C[C@@H](C)N2c3ccccc3Sc3ccc(C#N)cc32)C1. The Hall–Kier alpha value is -1.96. The highest BCUT2D eigenvalue weighted by molar-refractivity contribution is 7.99. The fraction of sp³-hybridized carbons (Fsp3) is 0.409. The minimum Gasteiger partial charge on any atom is -0.335 e. The Kier molecular flexibility index (Phi) is 4.93. The molecular formula is C22H25N3S. The van der Waals surface area contributed by atoms with Gasteiger partial charge >= 0.3 is 0 Å². The van der Waals surface area contributed by atoms with Crippen LogP contribution < -0.4 is 4.90 Å². The maximum absolute atomic E-state index is 9.37. The molecule has 0 N–H and O–H groups in total. The van der Waals surface area contributed by atoms with Crippen molar-refractivity contribution in [2.45, 2.75) is 42.5 Å². The van der Waals surface area contributed by atoms with Gasteiger partial charge in [0.15, 0.2) is 0 Å². The van der Waals surface area contributed by atoms with E-state index in [9.17, 15) is 5.26 Å². The first-order chi connectivity index (χ1) is 12.7. The molecule has 0 aromatic heterocycles. The molecule has 2 aliphatic rings. The van der Waals surface area contributed by atoms with Gasteiger partial charge in [0, 0.05) is 28.9 Å². The van der Waals surface area contributed by atoms with Crippen molar-refractivity contribution < 1.29 is 0 Å². The molecule has 4 rings (SSSR count). The van der Waals surface area contributed by atoms with E-state index in [0.717, 1.165) is 18.0 Å². The van der Waals surface area contributed by atoms with Crippen LogP contribution in [0, 0.1) is 17.2 Å². The normalized spacial score (nSPS) is 20.8. The molecule has 1 saturated heterocycles. The van der Waals surface area contributed by atoms with E-state index in [2.05, 4.69) is 60.0 Å². The number of nitrogens with zero attached hydrogens (tertiary/aromatic N) is 3. The van der Waals surface area contributed by atoms with E-state index >= 15 is 0 Å². The third-order valence-corrected chi connectivity index (χ3v) is 6.53. The molecular weight excluding hydrogens is 338 g/mol. The summed E-state index contributed by atoms with van der Waals surface area (Å²) >= 11 is 1.80. The van der Waals surface area contributed by atoms with Crippen LogP contribution in [0.5, 0.6) is 0 Å². The van der Waals surface area contributed by atoms with Crippen molar-refractivity contribution in [3.8, 4) is 6.07 Å². The number of nitriles is 1. The van der Waals surface area contributed by atoms with Gasteiger partial charge in [-0.2, -0.15) is 5.26 Å². The summed E-state index contributed by atoms with van der Waals surface area (Å²) in [6.45, 7) is 8.12. The van der Waals surface area contributed by atoms with E-state index in [-0.39, 0.29) is 0 Å². The standard InChI is InChI=1S/C22H25N3S/c1-16-6-5-11-24(14-16)15-17(2)25-19-7-3-4-8-21(19)26-22-10-9-18(13-23)12-20(22)25/h3-4,7-10,12,16-17H,5-6,11,14-15H2,1-2H3/t16-,17+/m0/s1. The molecule has 2 aromatic rings. The molecule has 0 amide bonds. The van der Waals surface area contributed by atoms with Crippen LogP contribution in [-0.2, 0) is 0 Å². The smallest absolute Gasteiger partial charge is 0.0992 e. The molecule has 26 heavy (non-hydrogen) atoms. The van der Waals surface area contributed by atoms with Gasteiger partial charge in [0.1, 0.15) is 0 Å². The number of likely N-dealkylation sites (tertiary alicyclic amines) is 1. The molecule has 2 atom stereocenters. The molecule has 1 fully saturated rings. The third-order valence-electron chi connectivity index (χ3n) is 5.40. The molecule has 3 nitrogen and oxygen atoms in total. The molecule has 0 bridgehead atoms. The lowest BCUT2D eigenvalue weighted by Crippen LogP contribution is -2.44. The van der Waals surface area contributed by atoms with Gasteiger partial charge in [-0.15, -0.1) is 0 Å². The van der Waals surface area contributed by atoms with E-state index in [1.807, 2.05) is 12.1 Å². The van der Waals surface area contributed by atoms with Crippen LogP contribution in [0.4, 0.5) is 11.4 Å². The summed E-state index contributed by atoms with van der Waals surface area (Å²) < 4.78 is 0. The van der Waals surface area contributed by atoms with Crippen molar-refractivity contribution in [1.82, 2.24) is 4.90 Å². The number of fused-ring (bicyclic) bond motifs is 2. The van der Waals surface area contributed by atoms with Gasteiger partial charge in [0.05, 0.1) is 23.0 Å². The first kappa shape index (κ1) is 17.5. The Bertz CT molecular complexity index is 842. The van der Waals surface area contributed by atoms with E-state index in [4.69, 9.17) is 0 Å². The van der Waals surface area contributed by atoms with Crippen LogP contribution in [0.1, 0.15) is 32.3 Å². The lowest BCUT2D eigenvalue weighted by Gasteiger charge is -2.41. The predicted octanol–water partition coefficient (Wildman–Crippen LogP) is 5.28. The maximum Gasteiger partial charge on any atom is 0.0992 e. The lowest BCUT2D eigenvalue weighted by molar-refractivity contribution is 0.177. The van der Waals surface area contributed by atoms with E-state index in [1.54, 1.807) is 11.8 Å². The van der Waals surface area contributed by atoms with Crippen LogP contribution in [0.15, 0.2) is 52.3 Å². The molecule has 4 heteroatoms. The Balaban J connectivity index is 1.69. The molecule has 134 valence electrons. The van der Waals surface area contributed by atoms with Crippen molar-refractivity contribution in [1.29, 1.82) is 5.26 Å². The predicted molar refractivity (Wildman–Crippen MR) is 108 cm³/mol. The summed E-state index contributed by atoms with van der Waals surface area (Å²) in [4.78, 5) is 7.59. The summed E-state index contributed by atoms with van der Waals surface area (Å²) in [6.07, 6.45) is 2.65. The van der Waals surface area contributed by atoms with Gasteiger partial charge in [0.25, 0.3) is 0 Å². The van der Waals surface area contributed by atoms with Crippen LogP contribution in [0.25, 0.3) is 0 Å². The lowest BCUT2D eigenvalue weighted by atomic mass is 9.99. The molecule has 2 heterocycles. The van der Waals surface area contributed by atoms with Crippen LogP contribution in [0.3, 0.4) is 0 Å². The second-order valence-corrected chi connectivity index (χ2v) is 8.67. The highest BCUT2D eigenvalue weighted by Gasteiger charge is 2.29. The zero-order valence-electron chi connectivity index (χ0n) is 15.5. The number of piperidine rings is 1. The fourth-order valence-corrected chi connectivity index (χ4v) is 5.29. The zero-order chi connectivity index (χ0) is 18.1. The second kappa shape index (κ2) is 7.34. The van der Waals surface area contributed by atoms with Crippen LogP contribution in [-0.4, -0.2) is 30.6 Å². The average molecular weight is 364 g/mol. The first-order valence-corrected chi connectivity index (χ1v) is 10.3. The van der Waals surface area contributed by atoms with E-state index in [1.165, 1.54) is 47.1 Å². The van der Waals surface area contributed by atoms with Crippen molar-refractivity contribution >= 4 is 23.1 Å². The monoisotopic (exact) mass is 363 g/mol. The Labute approximate surface area is 160 Å². The number of hydrogen-bond acceptors (Lipinski definition) is 4. The molecule has 0 radical (unpaired) electrons. The molecule has 0 spiro atoms. The van der Waals surface area contributed by atoms with Gasteiger partial charge in [-0.25, -0.2) is 0 Å². The van der Waals surface area contributed by atoms with Gasteiger partial charge < -0.3 is 9.80 Å². The highest BCUT2D eigenvalue weighted by Crippen LogP contribution is 2.49. The summed E-state index contributed by atoms with van der Waals surface area (Å²) in [7, 11) is 0. The number of anilines is 2. The van der Waals surface area contributed by atoms with Crippen molar-refractivity contribution in [2.24, 2.45) is 5.92 Å². The topological polar surface area (TPSA) is 30.3 Å². The summed E-state index contributed by atoms with van der Waals surface area (Å²) in [6, 6.07) is 17.4. The largest absolute Gasteiger partial charge is 0.335 e. The molecule has 2 aromatic carbocycles. The fourth-order valence-electron chi connectivity index (χ4n) is 4.23. The van der Waals surface area contributed by atoms with Crippen LogP contribution in [0.2, 0.25) is 0 Å². The van der Waals surface area contributed by atoms with Crippen molar-refractivity contribution in [3.05, 3.63) is 48.0 Å². The first-order valence-electron chi connectivity index (χ1n) is 9.48. The third kappa shape index (κ3) is 3.34. The van der Waals surface area contributed by atoms with Gasteiger partial charge in [-0.05, 0) is 62.6 Å². The van der Waals surface area contributed by atoms with Crippen molar-refractivity contribution in [2.75, 3.05) is 24.5 Å². The number of para-hydroxylation sites is 1. The second-order valence-electron chi connectivity index (χ2n) is 7.59. The molecule has 2 aliphatic heterocycles. The Morgan fingerprint density at radius 1 is 1.19 bits per heavy atom. The van der Waals surface area contributed by atoms with Crippen LogP contribution >= 0.6 is 11.8 Å². The minimum absolute atomic E-state index is 0.357. The highest BCUT2D eigenvalue weighted by atomic mass is 32.2. The maximum atomic E-state index is 9.37.